The van der Waals surface area contributed by atoms with Crippen molar-refractivity contribution in [1.82, 2.24) is 10.3 Å². The number of pyridine rings is 1. The highest BCUT2D eigenvalue weighted by molar-refractivity contribution is 5.96. The van der Waals surface area contributed by atoms with Crippen molar-refractivity contribution in [2.24, 2.45) is 5.73 Å². The highest BCUT2D eigenvalue weighted by Crippen LogP contribution is 2.04. The first kappa shape index (κ1) is 12.2. The lowest BCUT2D eigenvalue weighted by Gasteiger charge is -2.04. The highest BCUT2D eigenvalue weighted by atomic mass is 16.1. The molecule has 1 heterocycles. The van der Waals surface area contributed by atoms with E-state index in [0.717, 1.165) is 6.42 Å². The minimum atomic E-state index is -0.120. The lowest BCUT2D eigenvalue weighted by atomic mass is 10.1. The summed E-state index contributed by atoms with van der Waals surface area (Å²) >= 11 is 0. The van der Waals surface area contributed by atoms with Crippen molar-refractivity contribution in [2.75, 3.05) is 13.1 Å². The number of hydrogen-bond donors (Lipinski definition) is 2. The van der Waals surface area contributed by atoms with Crippen molar-refractivity contribution in [1.29, 1.82) is 0 Å². The summed E-state index contributed by atoms with van der Waals surface area (Å²) in [7, 11) is 0. The molecule has 0 radical (unpaired) electrons. The Kier molecular flexibility index (Phi) is 5.03. The zero-order chi connectivity index (χ0) is 11.8. The number of amides is 1. The molecule has 1 aromatic heterocycles. The molecule has 0 aliphatic carbocycles. The third-order valence-electron chi connectivity index (χ3n) is 1.93. The molecule has 0 spiro atoms. The maximum absolute atomic E-state index is 11.7. The van der Waals surface area contributed by atoms with Crippen LogP contribution >= 0.6 is 0 Å². The average molecular weight is 217 g/mol. The average Bonchev–Trinajstić information content (AvgIpc) is 2.33. The number of rotatable bonds is 3. The molecule has 0 fully saturated rings. The Hall–Kier alpha value is -1.86. The van der Waals surface area contributed by atoms with Crippen molar-refractivity contribution >= 4 is 5.91 Å². The van der Waals surface area contributed by atoms with Gasteiger partial charge in [0.25, 0.3) is 5.91 Å². The number of carbonyl (C=O) groups excluding carboxylic acids is 1. The molecule has 0 aliphatic heterocycles. The van der Waals surface area contributed by atoms with Crippen LogP contribution in [0.3, 0.4) is 0 Å². The monoisotopic (exact) mass is 217 g/mol. The van der Waals surface area contributed by atoms with Crippen molar-refractivity contribution in [3.8, 4) is 11.8 Å². The quantitative estimate of drug-likeness (QED) is 0.726. The van der Waals surface area contributed by atoms with Gasteiger partial charge in [0, 0.05) is 18.9 Å². The predicted molar refractivity (Wildman–Crippen MR) is 62.8 cm³/mol. The second-order valence-corrected chi connectivity index (χ2v) is 3.18. The van der Waals surface area contributed by atoms with E-state index < -0.39 is 0 Å². The summed E-state index contributed by atoms with van der Waals surface area (Å²) in [4.78, 5) is 15.7. The molecule has 0 bridgehead atoms. The molecule has 3 N–H and O–H groups in total. The van der Waals surface area contributed by atoms with Gasteiger partial charge in [0.1, 0.15) is 0 Å². The maximum Gasteiger partial charge on any atom is 0.252 e. The summed E-state index contributed by atoms with van der Waals surface area (Å²) < 4.78 is 0. The van der Waals surface area contributed by atoms with Crippen LogP contribution in [-0.4, -0.2) is 24.0 Å². The Morgan fingerprint density at radius 1 is 1.62 bits per heavy atom. The molecule has 0 saturated heterocycles. The zero-order valence-corrected chi connectivity index (χ0v) is 9.29. The van der Waals surface area contributed by atoms with Crippen molar-refractivity contribution in [3.05, 3.63) is 29.6 Å². The minimum Gasteiger partial charge on any atom is -0.352 e. The van der Waals surface area contributed by atoms with Gasteiger partial charge in [-0.25, -0.2) is 0 Å². The topological polar surface area (TPSA) is 68.0 Å². The van der Waals surface area contributed by atoms with E-state index in [1.807, 2.05) is 6.92 Å². The van der Waals surface area contributed by atoms with Gasteiger partial charge in [0.2, 0.25) is 0 Å². The van der Waals surface area contributed by atoms with Gasteiger partial charge in [-0.3, -0.25) is 9.78 Å². The van der Waals surface area contributed by atoms with Crippen LogP contribution in [0.1, 0.15) is 29.3 Å². The van der Waals surface area contributed by atoms with Crippen LogP contribution in [0.5, 0.6) is 0 Å². The molecule has 0 aromatic carbocycles. The van der Waals surface area contributed by atoms with E-state index in [0.29, 0.717) is 17.7 Å². The third kappa shape index (κ3) is 3.37. The van der Waals surface area contributed by atoms with Gasteiger partial charge < -0.3 is 11.1 Å². The Morgan fingerprint density at radius 3 is 3.12 bits per heavy atom. The number of aromatic nitrogens is 1. The van der Waals surface area contributed by atoms with Crippen LogP contribution in [0, 0.1) is 11.8 Å². The molecule has 4 heteroatoms. The lowest BCUT2D eigenvalue weighted by molar-refractivity contribution is 0.0953. The summed E-state index contributed by atoms with van der Waals surface area (Å²) in [5.41, 5.74) is 6.45. The molecule has 0 atom stereocenters. The Morgan fingerprint density at radius 2 is 2.44 bits per heavy atom. The molecule has 84 valence electrons. The first-order valence-corrected chi connectivity index (χ1v) is 5.20. The van der Waals surface area contributed by atoms with Crippen molar-refractivity contribution < 1.29 is 4.79 Å². The molecule has 4 nitrogen and oxygen atoms in total. The van der Waals surface area contributed by atoms with Crippen LogP contribution in [0.2, 0.25) is 0 Å². The molecule has 1 amide bonds. The van der Waals surface area contributed by atoms with Gasteiger partial charge in [-0.15, -0.1) is 0 Å². The fourth-order valence-corrected chi connectivity index (χ4v) is 1.17. The van der Waals surface area contributed by atoms with E-state index in [9.17, 15) is 4.79 Å². The third-order valence-corrected chi connectivity index (χ3v) is 1.93. The Bertz CT molecular complexity index is 418. The highest BCUT2D eigenvalue weighted by Gasteiger charge is 2.08. The predicted octanol–water partition coefficient (Wildman–Crippen LogP) is 0.532. The first-order chi connectivity index (χ1) is 7.79. The van der Waals surface area contributed by atoms with Crippen LogP contribution in [0.25, 0.3) is 0 Å². The summed E-state index contributed by atoms with van der Waals surface area (Å²) in [6.07, 6.45) is 4.05. The summed E-state index contributed by atoms with van der Waals surface area (Å²) in [6.45, 7) is 2.93. The van der Waals surface area contributed by atoms with E-state index in [1.54, 1.807) is 18.5 Å². The number of nitrogens with zero attached hydrogens (tertiary/aromatic N) is 1. The summed E-state index contributed by atoms with van der Waals surface area (Å²) in [5.74, 6) is 5.43. The fraction of sp³-hybridized carbons (Fsp3) is 0.333. The maximum atomic E-state index is 11.7. The van der Waals surface area contributed by atoms with Crippen molar-refractivity contribution in [3.63, 3.8) is 0 Å². The van der Waals surface area contributed by atoms with Gasteiger partial charge in [-0.1, -0.05) is 18.8 Å². The SMILES string of the molecule is CCCNC(=O)c1ccncc1C#CCN. The first-order valence-electron chi connectivity index (χ1n) is 5.20. The van der Waals surface area contributed by atoms with Gasteiger partial charge in [0.15, 0.2) is 0 Å². The van der Waals surface area contributed by atoms with Crippen LogP contribution in [-0.2, 0) is 0 Å². The Labute approximate surface area is 95.3 Å². The largest absolute Gasteiger partial charge is 0.352 e. The van der Waals surface area contributed by atoms with E-state index in [4.69, 9.17) is 5.73 Å². The molecule has 1 rings (SSSR count). The van der Waals surface area contributed by atoms with Crippen LogP contribution < -0.4 is 11.1 Å². The second-order valence-electron chi connectivity index (χ2n) is 3.18. The molecule has 16 heavy (non-hydrogen) atoms. The smallest absolute Gasteiger partial charge is 0.252 e. The molecule has 0 saturated carbocycles. The zero-order valence-electron chi connectivity index (χ0n) is 9.29. The van der Waals surface area contributed by atoms with Crippen LogP contribution in [0.4, 0.5) is 0 Å². The number of nitrogens with two attached hydrogens (primary N) is 1. The molecule has 0 aliphatic rings. The summed E-state index contributed by atoms with van der Waals surface area (Å²) in [5, 5.41) is 2.80. The fourth-order valence-electron chi connectivity index (χ4n) is 1.17. The van der Waals surface area contributed by atoms with Gasteiger partial charge in [-0.05, 0) is 12.5 Å². The molecule has 0 unspecified atom stereocenters. The number of hydrogen-bond acceptors (Lipinski definition) is 3. The van der Waals surface area contributed by atoms with Gasteiger partial charge in [-0.2, -0.15) is 0 Å². The van der Waals surface area contributed by atoms with E-state index in [-0.39, 0.29) is 12.5 Å². The second kappa shape index (κ2) is 6.59. The van der Waals surface area contributed by atoms with E-state index in [1.165, 1.54) is 0 Å². The Balaban J connectivity index is 2.89. The lowest BCUT2D eigenvalue weighted by Crippen LogP contribution is -2.24. The minimum absolute atomic E-state index is 0.120. The summed E-state index contributed by atoms with van der Waals surface area (Å²) in [6, 6.07) is 1.66. The normalized spacial score (nSPS) is 9.12. The number of nitrogens with one attached hydrogen (secondary N) is 1. The molecular formula is C12H15N3O. The van der Waals surface area contributed by atoms with E-state index >= 15 is 0 Å². The van der Waals surface area contributed by atoms with Gasteiger partial charge >= 0.3 is 0 Å². The molecular weight excluding hydrogens is 202 g/mol. The van der Waals surface area contributed by atoms with E-state index in [2.05, 4.69) is 22.1 Å². The van der Waals surface area contributed by atoms with Gasteiger partial charge in [0.05, 0.1) is 17.7 Å². The van der Waals surface area contributed by atoms with Crippen LogP contribution in [0.15, 0.2) is 18.5 Å². The van der Waals surface area contributed by atoms with Crippen molar-refractivity contribution in [2.45, 2.75) is 13.3 Å². The molecule has 1 aromatic rings. The number of carbonyl (C=O) groups is 1. The standard InChI is InChI=1S/C12H15N3O/c1-2-7-15-12(16)11-5-8-14-9-10(11)4-3-6-13/h5,8-9H,2,6-7,13H2,1H3,(H,15,16).